The zero-order valence-electron chi connectivity index (χ0n) is 16.5. The van der Waals surface area contributed by atoms with Gasteiger partial charge in [-0.05, 0) is 52.6 Å². The molecule has 4 aromatic rings. The highest BCUT2D eigenvalue weighted by Gasteiger charge is 2.40. The van der Waals surface area contributed by atoms with Gasteiger partial charge < -0.3 is 0 Å². The topological polar surface area (TPSA) is 0 Å². The SMILES string of the molecule is C[C@]1(F)CSc2ccc3ccccc3c2C1=C1c2ccccc2Sc2ccccc21. The minimum atomic E-state index is -1.43. The van der Waals surface area contributed by atoms with Crippen molar-refractivity contribution in [1.29, 1.82) is 0 Å². The zero-order valence-corrected chi connectivity index (χ0v) is 18.1. The van der Waals surface area contributed by atoms with Crippen LogP contribution in [0.25, 0.3) is 21.9 Å². The van der Waals surface area contributed by atoms with Crippen molar-refractivity contribution >= 4 is 45.4 Å². The molecule has 30 heavy (non-hydrogen) atoms. The van der Waals surface area contributed by atoms with Crippen molar-refractivity contribution < 1.29 is 4.39 Å². The predicted octanol–water partition coefficient (Wildman–Crippen LogP) is 8.10. The van der Waals surface area contributed by atoms with Crippen LogP contribution >= 0.6 is 23.5 Å². The summed E-state index contributed by atoms with van der Waals surface area (Å²) in [6.07, 6.45) is 0. The Labute approximate surface area is 184 Å². The van der Waals surface area contributed by atoms with Gasteiger partial charge in [0, 0.05) is 31.6 Å². The number of benzene rings is 4. The van der Waals surface area contributed by atoms with E-state index >= 15 is 4.39 Å². The fourth-order valence-corrected chi connectivity index (χ4v) is 6.80. The molecule has 0 nitrogen and oxygen atoms in total. The molecule has 0 amide bonds. The summed E-state index contributed by atoms with van der Waals surface area (Å²) in [5, 5.41) is 2.28. The molecule has 0 unspecified atom stereocenters. The number of hydrogen-bond acceptors (Lipinski definition) is 2. The lowest BCUT2D eigenvalue weighted by Crippen LogP contribution is -2.29. The van der Waals surface area contributed by atoms with Gasteiger partial charge in [0.15, 0.2) is 0 Å². The molecule has 3 heteroatoms. The van der Waals surface area contributed by atoms with Crippen molar-refractivity contribution in [2.75, 3.05) is 5.75 Å². The van der Waals surface area contributed by atoms with E-state index in [1.807, 2.05) is 6.07 Å². The largest absolute Gasteiger partial charge is 0.238 e. The molecule has 0 saturated heterocycles. The second-order valence-electron chi connectivity index (χ2n) is 7.99. The Bertz CT molecular complexity index is 1300. The molecule has 4 aromatic carbocycles. The highest BCUT2D eigenvalue weighted by atomic mass is 32.2. The lowest BCUT2D eigenvalue weighted by Gasteiger charge is -2.36. The molecule has 0 aromatic heterocycles. The number of rotatable bonds is 0. The van der Waals surface area contributed by atoms with Crippen LogP contribution in [0.4, 0.5) is 4.39 Å². The van der Waals surface area contributed by atoms with E-state index in [0.717, 1.165) is 38.6 Å². The van der Waals surface area contributed by atoms with Crippen molar-refractivity contribution in [2.45, 2.75) is 27.3 Å². The van der Waals surface area contributed by atoms with Gasteiger partial charge in [0.05, 0.1) is 0 Å². The maximum Gasteiger partial charge on any atom is 0.143 e. The Kier molecular flexibility index (Phi) is 4.12. The van der Waals surface area contributed by atoms with Crippen LogP contribution < -0.4 is 0 Å². The summed E-state index contributed by atoms with van der Waals surface area (Å²) < 4.78 is 16.4. The van der Waals surface area contributed by atoms with Crippen LogP contribution in [0.15, 0.2) is 99.6 Å². The Morgan fingerprint density at radius 1 is 0.733 bits per heavy atom. The molecular formula is C27H19FS2. The van der Waals surface area contributed by atoms with Crippen molar-refractivity contribution in [3.05, 3.63) is 102 Å². The van der Waals surface area contributed by atoms with Crippen molar-refractivity contribution in [3.63, 3.8) is 0 Å². The monoisotopic (exact) mass is 426 g/mol. The van der Waals surface area contributed by atoms with E-state index in [4.69, 9.17) is 0 Å². The molecular weight excluding hydrogens is 407 g/mol. The van der Waals surface area contributed by atoms with Gasteiger partial charge in [-0.25, -0.2) is 4.39 Å². The Morgan fingerprint density at radius 2 is 1.37 bits per heavy atom. The van der Waals surface area contributed by atoms with Crippen LogP contribution in [0, 0.1) is 0 Å². The number of halogens is 1. The van der Waals surface area contributed by atoms with Crippen molar-refractivity contribution in [1.82, 2.24) is 0 Å². The summed E-state index contributed by atoms with van der Waals surface area (Å²) in [4.78, 5) is 3.54. The summed E-state index contributed by atoms with van der Waals surface area (Å²) in [6, 6.07) is 29.5. The third-order valence-electron chi connectivity index (χ3n) is 5.94. The number of allylic oxidation sites excluding steroid dienone is 1. The number of alkyl halides is 1. The van der Waals surface area contributed by atoms with Gasteiger partial charge in [0.25, 0.3) is 0 Å². The summed E-state index contributed by atoms with van der Waals surface area (Å²) >= 11 is 3.40. The first-order chi connectivity index (χ1) is 14.6. The third kappa shape index (κ3) is 2.69. The molecule has 2 heterocycles. The summed E-state index contributed by atoms with van der Waals surface area (Å²) in [5.41, 5.74) is 3.76. The summed E-state index contributed by atoms with van der Waals surface area (Å²) in [7, 11) is 0. The fraction of sp³-hybridized carbons (Fsp3) is 0.111. The number of hydrogen-bond donors (Lipinski definition) is 0. The molecule has 0 aliphatic carbocycles. The van der Waals surface area contributed by atoms with Gasteiger partial charge in [0.2, 0.25) is 0 Å². The normalized spacial score (nSPS) is 19.9. The Balaban J connectivity index is 1.82. The van der Waals surface area contributed by atoms with E-state index in [2.05, 4.69) is 78.9 Å². The highest BCUT2D eigenvalue weighted by Crippen LogP contribution is 2.55. The average Bonchev–Trinajstić information content (AvgIpc) is 2.77. The van der Waals surface area contributed by atoms with Crippen molar-refractivity contribution in [3.8, 4) is 0 Å². The quantitative estimate of drug-likeness (QED) is 0.245. The lowest BCUT2D eigenvalue weighted by molar-refractivity contribution is 0.305. The minimum absolute atomic E-state index is 0.425. The molecule has 2 aliphatic heterocycles. The van der Waals surface area contributed by atoms with E-state index in [9.17, 15) is 0 Å². The zero-order chi connectivity index (χ0) is 20.3. The van der Waals surface area contributed by atoms with E-state index in [-0.39, 0.29) is 0 Å². The van der Waals surface area contributed by atoms with Gasteiger partial charge in [0.1, 0.15) is 5.67 Å². The van der Waals surface area contributed by atoms with Gasteiger partial charge in [-0.3, -0.25) is 0 Å². The predicted molar refractivity (Wildman–Crippen MR) is 127 cm³/mol. The van der Waals surface area contributed by atoms with Crippen LogP contribution in [0.5, 0.6) is 0 Å². The van der Waals surface area contributed by atoms with Crippen molar-refractivity contribution in [2.24, 2.45) is 0 Å². The van der Waals surface area contributed by atoms with Crippen LogP contribution in [0.3, 0.4) is 0 Å². The smallest absolute Gasteiger partial charge is 0.143 e. The van der Waals surface area contributed by atoms with Gasteiger partial charge in [-0.2, -0.15) is 0 Å². The van der Waals surface area contributed by atoms with Crippen LogP contribution in [0.2, 0.25) is 0 Å². The molecule has 0 fully saturated rings. The first kappa shape index (κ1) is 18.3. The minimum Gasteiger partial charge on any atom is -0.238 e. The molecule has 2 aliphatic rings. The average molecular weight is 427 g/mol. The molecule has 0 N–H and O–H groups in total. The van der Waals surface area contributed by atoms with E-state index in [0.29, 0.717) is 5.75 Å². The molecule has 1 atom stereocenters. The second kappa shape index (κ2) is 6.76. The molecule has 146 valence electrons. The van der Waals surface area contributed by atoms with Crippen LogP contribution in [0.1, 0.15) is 23.6 Å². The molecule has 0 bridgehead atoms. The van der Waals surface area contributed by atoms with Gasteiger partial charge in [-0.15, -0.1) is 11.8 Å². The molecule has 0 spiro atoms. The van der Waals surface area contributed by atoms with Gasteiger partial charge in [-0.1, -0.05) is 78.5 Å². The maximum absolute atomic E-state index is 16.4. The maximum atomic E-state index is 16.4. The first-order valence-corrected chi connectivity index (χ1v) is 11.9. The second-order valence-corrected chi connectivity index (χ2v) is 10.1. The lowest BCUT2D eigenvalue weighted by atomic mass is 9.80. The summed E-state index contributed by atoms with van der Waals surface area (Å²) in [5.74, 6) is 0.425. The molecule has 0 saturated carbocycles. The number of fused-ring (bicyclic) bond motifs is 5. The Morgan fingerprint density at radius 3 is 2.10 bits per heavy atom. The van der Waals surface area contributed by atoms with Crippen LogP contribution in [-0.4, -0.2) is 11.4 Å². The fourth-order valence-electron chi connectivity index (χ4n) is 4.62. The first-order valence-electron chi connectivity index (χ1n) is 10.1. The summed E-state index contributed by atoms with van der Waals surface area (Å²) in [6.45, 7) is 1.75. The van der Waals surface area contributed by atoms with E-state index in [1.165, 1.54) is 14.7 Å². The Hall–Kier alpha value is -2.49. The van der Waals surface area contributed by atoms with Gasteiger partial charge >= 0.3 is 0 Å². The standard InChI is InChI=1S/C27H19FS2/c1-27(28)16-29-23-15-14-17-8-2-3-9-18(17)25(23)26(27)24-19-10-4-6-12-21(19)30-22-13-7-5-11-20(22)24/h2-15H,16H2,1H3/t27-/m0/s1. The van der Waals surface area contributed by atoms with E-state index in [1.54, 1.807) is 30.4 Å². The molecule has 6 rings (SSSR count). The molecule has 0 radical (unpaired) electrons. The highest BCUT2D eigenvalue weighted by molar-refractivity contribution is 7.99. The van der Waals surface area contributed by atoms with Crippen LogP contribution in [-0.2, 0) is 0 Å². The number of thioether (sulfide) groups is 1. The van der Waals surface area contributed by atoms with E-state index < -0.39 is 5.67 Å². The third-order valence-corrected chi connectivity index (χ3v) is 8.43.